The van der Waals surface area contributed by atoms with E-state index in [2.05, 4.69) is 15.5 Å². The Balaban J connectivity index is 1.42. The number of benzene rings is 2. The fourth-order valence-electron chi connectivity index (χ4n) is 3.11. The topological polar surface area (TPSA) is 53.6 Å². The summed E-state index contributed by atoms with van der Waals surface area (Å²) >= 11 is 0. The molecular formula is C21H27N3O2. The van der Waals surface area contributed by atoms with Crippen LogP contribution in [0.1, 0.15) is 6.42 Å². The number of rotatable bonds is 8. The van der Waals surface area contributed by atoms with Gasteiger partial charge in [0.25, 0.3) is 5.91 Å². The molecule has 26 heavy (non-hydrogen) atoms. The third kappa shape index (κ3) is 5.58. The smallest absolute Gasteiger partial charge is 0.257 e. The molecule has 0 spiro atoms. The van der Waals surface area contributed by atoms with Crippen molar-refractivity contribution >= 4 is 5.91 Å². The molecule has 0 aliphatic carbocycles. The minimum Gasteiger partial charge on any atom is -0.483 e. The maximum Gasteiger partial charge on any atom is 0.257 e. The van der Waals surface area contributed by atoms with E-state index in [0.717, 1.165) is 56.0 Å². The van der Waals surface area contributed by atoms with Crippen molar-refractivity contribution in [3.05, 3.63) is 54.6 Å². The number of nitrogens with zero attached hydrogens (tertiary/aromatic N) is 1. The van der Waals surface area contributed by atoms with Gasteiger partial charge in [0.15, 0.2) is 6.61 Å². The normalized spacial score (nSPS) is 14.8. The third-order valence-corrected chi connectivity index (χ3v) is 4.51. The standard InChI is InChI=1S/C21H27N3O2/c25-21(23-11-6-14-24-15-12-22-13-16-24)17-26-20-10-5-4-9-19(20)18-7-2-1-3-8-18/h1-5,7-10,22H,6,11-17H2,(H,23,25). The van der Waals surface area contributed by atoms with Crippen molar-refractivity contribution in [1.82, 2.24) is 15.5 Å². The van der Waals surface area contributed by atoms with Crippen LogP contribution in [0.3, 0.4) is 0 Å². The number of hydrogen-bond donors (Lipinski definition) is 2. The molecule has 0 atom stereocenters. The van der Waals surface area contributed by atoms with Gasteiger partial charge in [-0.1, -0.05) is 48.5 Å². The summed E-state index contributed by atoms with van der Waals surface area (Å²) in [6, 6.07) is 17.9. The molecule has 1 heterocycles. The minimum absolute atomic E-state index is 0.0392. The molecule has 1 aliphatic rings. The van der Waals surface area contributed by atoms with Crippen molar-refractivity contribution < 1.29 is 9.53 Å². The number of carbonyl (C=O) groups is 1. The Morgan fingerprint density at radius 1 is 1.04 bits per heavy atom. The van der Waals surface area contributed by atoms with Crippen LogP contribution in [0.2, 0.25) is 0 Å². The predicted octanol–water partition coefficient (Wildman–Crippen LogP) is 2.14. The van der Waals surface area contributed by atoms with Gasteiger partial charge in [-0.05, 0) is 24.6 Å². The molecule has 0 aromatic heterocycles. The van der Waals surface area contributed by atoms with Gasteiger partial charge in [-0.15, -0.1) is 0 Å². The molecule has 1 saturated heterocycles. The molecular weight excluding hydrogens is 326 g/mol. The van der Waals surface area contributed by atoms with Gasteiger partial charge < -0.3 is 20.3 Å². The molecule has 1 fully saturated rings. The lowest BCUT2D eigenvalue weighted by atomic mass is 10.1. The molecule has 0 bridgehead atoms. The number of amides is 1. The second-order valence-electron chi connectivity index (χ2n) is 6.45. The zero-order valence-electron chi connectivity index (χ0n) is 15.1. The van der Waals surface area contributed by atoms with Crippen molar-refractivity contribution in [3.8, 4) is 16.9 Å². The van der Waals surface area contributed by atoms with Crippen LogP contribution in [-0.2, 0) is 4.79 Å². The maximum atomic E-state index is 12.1. The number of piperazine rings is 1. The van der Waals surface area contributed by atoms with Gasteiger partial charge in [0, 0.05) is 38.3 Å². The first-order valence-electron chi connectivity index (χ1n) is 9.30. The summed E-state index contributed by atoms with van der Waals surface area (Å²) in [4.78, 5) is 14.5. The van der Waals surface area contributed by atoms with Crippen molar-refractivity contribution in [2.45, 2.75) is 6.42 Å². The number of para-hydroxylation sites is 1. The molecule has 1 amide bonds. The van der Waals surface area contributed by atoms with Gasteiger partial charge in [0.05, 0.1) is 0 Å². The summed E-state index contributed by atoms with van der Waals surface area (Å²) in [5.74, 6) is 0.655. The highest BCUT2D eigenvalue weighted by Crippen LogP contribution is 2.29. The Hall–Kier alpha value is -2.37. The maximum absolute atomic E-state index is 12.1. The number of hydrogen-bond acceptors (Lipinski definition) is 4. The van der Waals surface area contributed by atoms with Crippen LogP contribution < -0.4 is 15.4 Å². The molecule has 5 heteroatoms. The van der Waals surface area contributed by atoms with Crippen molar-refractivity contribution in [1.29, 1.82) is 0 Å². The zero-order chi connectivity index (χ0) is 18.0. The van der Waals surface area contributed by atoms with E-state index in [9.17, 15) is 4.79 Å². The average Bonchev–Trinajstić information content (AvgIpc) is 2.71. The van der Waals surface area contributed by atoms with E-state index in [1.165, 1.54) is 0 Å². The quantitative estimate of drug-likeness (QED) is 0.714. The fraction of sp³-hybridized carbons (Fsp3) is 0.381. The van der Waals surface area contributed by atoms with Crippen LogP contribution >= 0.6 is 0 Å². The Morgan fingerprint density at radius 3 is 2.58 bits per heavy atom. The summed E-state index contributed by atoms with van der Waals surface area (Å²) in [5, 5.41) is 6.29. The van der Waals surface area contributed by atoms with E-state index in [1.807, 2.05) is 54.6 Å². The summed E-state index contributed by atoms with van der Waals surface area (Å²) in [6.07, 6.45) is 0.965. The summed E-state index contributed by atoms with van der Waals surface area (Å²) in [6.45, 7) is 6.05. The van der Waals surface area contributed by atoms with Gasteiger partial charge in [-0.25, -0.2) is 0 Å². The summed E-state index contributed by atoms with van der Waals surface area (Å²) in [5.41, 5.74) is 2.08. The highest BCUT2D eigenvalue weighted by molar-refractivity contribution is 5.78. The molecule has 1 aliphatic heterocycles. The molecule has 0 saturated carbocycles. The first-order chi connectivity index (χ1) is 12.8. The molecule has 5 nitrogen and oxygen atoms in total. The van der Waals surface area contributed by atoms with Crippen LogP contribution in [0.5, 0.6) is 5.75 Å². The van der Waals surface area contributed by atoms with Gasteiger partial charge in [-0.3, -0.25) is 4.79 Å². The second kappa shape index (κ2) is 9.94. The van der Waals surface area contributed by atoms with E-state index in [1.54, 1.807) is 0 Å². The van der Waals surface area contributed by atoms with Crippen molar-refractivity contribution in [2.75, 3.05) is 45.9 Å². The number of nitrogens with one attached hydrogen (secondary N) is 2. The lowest BCUT2D eigenvalue weighted by Crippen LogP contribution is -2.44. The Bertz CT molecular complexity index is 685. The molecule has 3 rings (SSSR count). The van der Waals surface area contributed by atoms with Gasteiger partial charge in [0.2, 0.25) is 0 Å². The van der Waals surface area contributed by atoms with Crippen LogP contribution in [0.4, 0.5) is 0 Å². The molecule has 2 aromatic carbocycles. The van der Waals surface area contributed by atoms with Crippen LogP contribution in [0, 0.1) is 0 Å². The first-order valence-corrected chi connectivity index (χ1v) is 9.30. The monoisotopic (exact) mass is 353 g/mol. The Morgan fingerprint density at radius 2 is 1.77 bits per heavy atom. The highest BCUT2D eigenvalue weighted by atomic mass is 16.5. The Labute approximate surface area is 155 Å². The molecule has 2 N–H and O–H groups in total. The number of carbonyl (C=O) groups excluding carboxylic acids is 1. The lowest BCUT2D eigenvalue weighted by molar-refractivity contribution is -0.123. The fourth-order valence-corrected chi connectivity index (χ4v) is 3.11. The van der Waals surface area contributed by atoms with Gasteiger partial charge in [0.1, 0.15) is 5.75 Å². The number of ether oxygens (including phenoxy) is 1. The highest BCUT2D eigenvalue weighted by Gasteiger charge is 2.10. The van der Waals surface area contributed by atoms with E-state index in [-0.39, 0.29) is 12.5 Å². The van der Waals surface area contributed by atoms with E-state index in [4.69, 9.17) is 4.74 Å². The summed E-state index contributed by atoms with van der Waals surface area (Å²) in [7, 11) is 0. The molecule has 0 radical (unpaired) electrons. The lowest BCUT2D eigenvalue weighted by Gasteiger charge is -2.27. The first kappa shape index (κ1) is 18.4. The van der Waals surface area contributed by atoms with E-state index >= 15 is 0 Å². The van der Waals surface area contributed by atoms with Crippen LogP contribution in [0.25, 0.3) is 11.1 Å². The van der Waals surface area contributed by atoms with Gasteiger partial charge >= 0.3 is 0 Å². The largest absolute Gasteiger partial charge is 0.483 e. The summed E-state index contributed by atoms with van der Waals surface area (Å²) < 4.78 is 5.77. The predicted molar refractivity (Wildman–Crippen MR) is 104 cm³/mol. The van der Waals surface area contributed by atoms with Gasteiger partial charge in [-0.2, -0.15) is 0 Å². The van der Waals surface area contributed by atoms with Crippen LogP contribution in [0.15, 0.2) is 54.6 Å². The van der Waals surface area contributed by atoms with E-state index in [0.29, 0.717) is 6.54 Å². The SMILES string of the molecule is O=C(COc1ccccc1-c1ccccc1)NCCCN1CCNCC1. The second-order valence-corrected chi connectivity index (χ2v) is 6.45. The van der Waals surface area contributed by atoms with Crippen LogP contribution in [-0.4, -0.2) is 56.7 Å². The van der Waals surface area contributed by atoms with E-state index < -0.39 is 0 Å². The molecule has 138 valence electrons. The zero-order valence-corrected chi connectivity index (χ0v) is 15.1. The molecule has 2 aromatic rings. The Kier molecular flexibility index (Phi) is 7.05. The minimum atomic E-state index is -0.0758. The average molecular weight is 353 g/mol. The van der Waals surface area contributed by atoms with Crippen molar-refractivity contribution in [3.63, 3.8) is 0 Å². The molecule has 0 unspecified atom stereocenters. The van der Waals surface area contributed by atoms with Crippen molar-refractivity contribution in [2.24, 2.45) is 0 Å². The third-order valence-electron chi connectivity index (χ3n) is 4.51.